The van der Waals surface area contributed by atoms with Crippen LogP contribution in [0.3, 0.4) is 0 Å². The number of benzene rings is 2. The lowest BCUT2D eigenvalue weighted by atomic mass is 10.1. The number of carbonyl (C=O) groups excluding carboxylic acids is 2. The molecule has 4 aromatic heterocycles. The molecule has 2 aromatic carbocycles. The minimum atomic E-state index is -0.687. The van der Waals surface area contributed by atoms with Gasteiger partial charge in [-0.3, -0.25) is 14.6 Å². The Labute approximate surface area is 272 Å². The number of halogens is 1. The average Bonchev–Trinajstić information content (AvgIpc) is 3.82. The molecule has 0 aliphatic heterocycles. The van der Waals surface area contributed by atoms with Crippen LogP contribution in [0.5, 0.6) is 11.5 Å². The molecular formula is C33H30FN7O5S. The van der Waals surface area contributed by atoms with Crippen molar-refractivity contribution in [3.8, 4) is 33.5 Å². The van der Waals surface area contributed by atoms with Gasteiger partial charge in [-0.1, -0.05) is 12.1 Å². The fourth-order valence-corrected chi connectivity index (χ4v) is 5.88. The lowest BCUT2D eigenvalue weighted by Gasteiger charge is -2.10. The van der Waals surface area contributed by atoms with Gasteiger partial charge in [0.15, 0.2) is 23.7 Å². The zero-order valence-electron chi connectivity index (χ0n) is 25.5. The third-order valence-electron chi connectivity index (χ3n) is 7.09. The van der Waals surface area contributed by atoms with Gasteiger partial charge in [-0.2, -0.15) is 0 Å². The van der Waals surface area contributed by atoms with Gasteiger partial charge in [-0.15, -0.1) is 11.3 Å². The van der Waals surface area contributed by atoms with Crippen LogP contribution in [-0.4, -0.2) is 51.6 Å². The molecule has 14 heteroatoms. The number of methoxy groups -OCH3 is 1. The maximum atomic E-state index is 15.2. The van der Waals surface area contributed by atoms with E-state index < -0.39 is 24.1 Å². The van der Waals surface area contributed by atoms with Crippen molar-refractivity contribution in [1.29, 1.82) is 0 Å². The summed E-state index contributed by atoms with van der Waals surface area (Å²) in [6.45, 7) is 2.00. The number of amides is 2. The number of nitrogens with one attached hydrogen (secondary N) is 3. The second-order valence-electron chi connectivity index (χ2n) is 10.4. The number of oxazole rings is 1. The number of carbonyl (C=O) groups is 2. The van der Waals surface area contributed by atoms with Gasteiger partial charge in [0, 0.05) is 62.5 Å². The largest absolute Gasteiger partial charge is 0.453 e. The highest BCUT2D eigenvalue weighted by molar-refractivity contribution is 7.22. The van der Waals surface area contributed by atoms with E-state index in [-0.39, 0.29) is 11.4 Å². The summed E-state index contributed by atoms with van der Waals surface area (Å²) in [5.41, 5.74) is 3.10. The van der Waals surface area contributed by atoms with Gasteiger partial charge in [0.05, 0.1) is 39.8 Å². The Kier molecular flexibility index (Phi) is 9.61. The second kappa shape index (κ2) is 14.3. The van der Waals surface area contributed by atoms with Gasteiger partial charge in [0.1, 0.15) is 18.0 Å². The molecular weight excluding hydrogens is 625 g/mol. The summed E-state index contributed by atoms with van der Waals surface area (Å²) in [6, 6.07) is 14.6. The number of ether oxygens (including phenoxy) is 2. The van der Waals surface area contributed by atoms with E-state index in [1.807, 2.05) is 29.9 Å². The van der Waals surface area contributed by atoms with Crippen LogP contribution in [0.4, 0.5) is 15.8 Å². The molecule has 0 radical (unpaired) electrons. The summed E-state index contributed by atoms with van der Waals surface area (Å²) < 4.78 is 34.2. The van der Waals surface area contributed by atoms with Gasteiger partial charge in [-0.05, 0) is 30.3 Å². The minimum absolute atomic E-state index is 0.0313. The zero-order chi connectivity index (χ0) is 32.8. The van der Waals surface area contributed by atoms with E-state index in [2.05, 4.69) is 30.9 Å². The normalized spacial score (nSPS) is 11.1. The summed E-state index contributed by atoms with van der Waals surface area (Å²) >= 11 is 1.44. The van der Waals surface area contributed by atoms with E-state index in [1.54, 1.807) is 43.8 Å². The molecule has 0 unspecified atom stereocenters. The molecule has 0 atom stereocenters. The van der Waals surface area contributed by atoms with E-state index in [4.69, 9.17) is 13.9 Å². The van der Waals surface area contributed by atoms with E-state index in [9.17, 15) is 9.59 Å². The Hall–Kier alpha value is -5.44. The number of rotatable bonds is 13. The first kappa shape index (κ1) is 31.5. The molecule has 0 bridgehead atoms. The van der Waals surface area contributed by atoms with Crippen LogP contribution in [0.15, 0.2) is 84.0 Å². The number of pyridine rings is 1. The van der Waals surface area contributed by atoms with Crippen LogP contribution in [0.25, 0.3) is 32.2 Å². The third kappa shape index (κ3) is 7.52. The Balaban J connectivity index is 1.08. The lowest BCUT2D eigenvalue weighted by Crippen LogP contribution is -2.21. The van der Waals surface area contributed by atoms with E-state index in [1.165, 1.54) is 29.9 Å². The van der Waals surface area contributed by atoms with Gasteiger partial charge < -0.3 is 34.4 Å². The van der Waals surface area contributed by atoms with Crippen molar-refractivity contribution in [3.63, 3.8) is 0 Å². The number of fused-ring (bicyclic) bond motifs is 1. The molecule has 6 aromatic rings. The first-order chi connectivity index (χ1) is 22.9. The fourth-order valence-electron chi connectivity index (χ4n) is 4.78. The topological polar surface area (TPSA) is 145 Å². The molecule has 0 spiro atoms. The first-order valence-electron chi connectivity index (χ1n) is 14.5. The molecule has 47 heavy (non-hydrogen) atoms. The van der Waals surface area contributed by atoms with Crippen LogP contribution in [0, 0.1) is 5.82 Å². The number of anilines is 2. The van der Waals surface area contributed by atoms with Gasteiger partial charge in [0.2, 0.25) is 11.8 Å². The van der Waals surface area contributed by atoms with Crippen molar-refractivity contribution in [1.82, 2.24) is 24.8 Å². The SMILES string of the molecule is COCCNCc1cnc(-c2cc3nccc(Oc4ccc(NC(=O)CC(=O)Nc5cccc(-c6cnco6)c5)cc4F)c3s2)n1C. The summed E-state index contributed by atoms with van der Waals surface area (Å²) in [5.74, 6) is -0.0987. The van der Waals surface area contributed by atoms with Gasteiger partial charge >= 0.3 is 0 Å². The molecule has 4 heterocycles. The number of thiophene rings is 1. The molecule has 0 fully saturated rings. The van der Waals surface area contributed by atoms with E-state index >= 15 is 4.39 Å². The van der Waals surface area contributed by atoms with Crippen molar-refractivity contribution in [2.24, 2.45) is 7.05 Å². The lowest BCUT2D eigenvalue weighted by molar-refractivity contribution is -0.123. The predicted octanol–water partition coefficient (Wildman–Crippen LogP) is 5.99. The van der Waals surface area contributed by atoms with E-state index in [0.29, 0.717) is 35.9 Å². The van der Waals surface area contributed by atoms with Crippen LogP contribution in [-0.2, 0) is 27.9 Å². The highest BCUT2D eigenvalue weighted by Crippen LogP contribution is 2.39. The Morgan fingerprint density at radius 2 is 1.83 bits per heavy atom. The standard InChI is InChI=1S/C33H30FN7O5S/c1-41-23(16-35-10-11-44-2)17-38-33(41)29-14-25-32(47-29)27(8-9-37-25)46-26-7-6-22(13-24(26)34)40-31(43)15-30(42)39-21-5-3-4-20(12-21)28-18-36-19-45-28/h3-9,12-14,17-19,35H,10-11,15-16H2,1-2H3,(H,39,42)(H,40,43). The van der Waals surface area contributed by atoms with Crippen molar-refractivity contribution < 1.29 is 27.9 Å². The molecule has 6 rings (SSSR count). The molecule has 0 saturated carbocycles. The molecule has 0 saturated heterocycles. The number of hydrogen-bond donors (Lipinski definition) is 3. The molecule has 0 aliphatic carbocycles. The van der Waals surface area contributed by atoms with Crippen molar-refractivity contribution in [3.05, 3.63) is 91.1 Å². The van der Waals surface area contributed by atoms with Crippen LogP contribution in [0.1, 0.15) is 12.1 Å². The fraction of sp³-hybridized carbons (Fsp3) is 0.182. The first-order valence-corrected chi connectivity index (χ1v) is 15.3. The summed E-state index contributed by atoms with van der Waals surface area (Å²) in [6.07, 6.45) is 5.83. The van der Waals surface area contributed by atoms with Crippen molar-refractivity contribution in [2.75, 3.05) is 30.9 Å². The monoisotopic (exact) mass is 655 g/mol. The Morgan fingerprint density at radius 3 is 2.60 bits per heavy atom. The highest BCUT2D eigenvalue weighted by Gasteiger charge is 2.17. The Bertz CT molecular complexity index is 2030. The maximum Gasteiger partial charge on any atom is 0.233 e. The zero-order valence-corrected chi connectivity index (χ0v) is 26.3. The van der Waals surface area contributed by atoms with Crippen LogP contribution in [0.2, 0.25) is 0 Å². The van der Waals surface area contributed by atoms with Gasteiger partial charge in [0.25, 0.3) is 0 Å². The third-order valence-corrected chi connectivity index (χ3v) is 8.22. The smallest absolute Gasteiger partial charge is 0.233 e. The maximum absolute atomic E-state index is 15.2. The quantitative estimate of drug-likeness (QED) is 0.101. The minimum Gasteiger partial charge on any atom is -0.453 e. The predicted molar refractivity (Wildman–Crippen MR) is 176 cm³/mol. The Morgan fingerprint density at radius 1 is 1.00 bits per heavy atom. The molecule has 12 nitrogen and oxygen atoms in total. The van der Waals surface area contributed by atoms with Crippen molar-refractivity contribution >= 4 is 44.7 Å². The number of nitrogens with zero attached hydrogens (tertiary/aromatic N) is 4. The van der Waals surface area contributed by atoms with Crippen LogP contribution >= 0.6 is 11.3 Å². The van der Waals surface area contributed by atoms with E-state index in [0.717, 1.165) is 39.3 Å². The number of hydrogen-bond acceptors (Lipinski definition) is 10. The van der Waals surface area contributed by atoms with Gasteiger partial charge in [-0.25, -0.2) is 14.4 Å². The molecule has 0 aliphatic rings. The summed E-state index contributed by atoms with van der Waals surface area (Å²) in [7, 11) is 3.61. The molecule has 3 N–H and O–H groups in total. The number of imidazole rings is 1. The summed E-state index contributed by atoms with van der Waals surface area (Å²) in [4.78, 5) is 38.9. The van der Waals surface area contributed by atoms with Crippen LogP contribution < -0.4 is 20.7 Å². The number of aromatic nitrogens is 4. The average molecular weight is 656 g/mol. The summed E-state index contributed by atoms with van der Waals surface area (Å²) in [5, 5.41) is 8.55. The second-order valence-corrected chi connectivity index (χ2v) is 11.5. The highest BCUT2D eigenvalue weighted by atomic mass is 32.1. The van der Waals surface area contributed by atoms with Crippen molar-refractivity contribution in [2.45, 2.75) is 13.0 Å². The molecule has 240 valence electrons. The molecule has 2 amide bonds.